The number of nitrogens with zero attached hydrogens (tertiary/aromatic N) is 3. The van der Waals surface area contributed by atoms with Crippen molar-refractivity contribution < 1.29 is 4.52 Å². The maximum absolute atomic E-state index is 5.35. The minimum absolute atomic E-state index is 0.307. The topological polar surface area (TPSA) is 63.8 Å². The van der Waals surface area contributed by atoms with Gasteiger partial charge >= 0.3 is 0 Å². The summed E-state index contributed by atoms with van der Waals surface area (Å²) in [5, 5.41) is 7.33. The minimum Gasteiger partial charge on any atom is -0.339 e. The molecule has 0 aromatic carbocycles. The molecule has 1 fully saturated rings. The highest BCUT2D eigenvalue weighted by Crippen LogP contribution is 2.27. The molecule has 0 bridgehead atoms. The molecule has 18 heavy (non-hydrogen) atoms. The molecule has 2 aromatic rings. The van der Waals surface area contributed by atoms with Crippen LogP contribution in [0.3, 0.4) is 0 Å². The zero-order valence-electron chi connectivity index (χ0n) is 9.93. The van der Waals surface area contributed by atoms with Crippen molar-refractivity contribution in [3.63, 3.8) is 0 Å². The van der Waals surface area contributed by atoms with E-state index in [1.807, 2.05) is 12.1 Å². The van der Waals surface area contributed by atoms with Gasteiger partial charge in [-0.15, -0.1) is 0 Å². The fourth-order valence-electron chi connectivity index (χ4n) is 2.14. The number of nitrogens with one attached hydrogen (secondary N) is 1. The molecule has 2 unspecified atom stereocenters. The summed E-state index contributed by atoms with van der Waals surface area (Å²) in [6.07, 6.45) is 1.73. The Morgan fingerprint density at radius 3 is 2.94 bits per heavy atom. The van der Waals surface area contributed by atoms with Crippen LogP contribution >= 0.6 is 15.9 Å². The third-order valence-corrected chi connectivity index (χ3v) is 3.70. The summed E-state index contributed by atoms with van der Waals surface area (Å²) in [5.41, 5.74) is 0.729. The summed E-state index contributed by atoms with van der Waals surface area (Å²) in [4.78, 5) is 8.71. The fourth-order valence-corrected chi connectivity index (χ4v) is 2.37. The standard InChI is InChI=1S/C12H13BrN4O/c1-7-4-14-6-9(7)12-16-11(17-18-12)10-3-2-8(13)5-15-10/h2-3,5,7,9,14H,4,6H2,1H3. The second kappa shape index (κ2) is 4.78. The lowest BCUT2D eigenvalue weighted by Gasteiger charge is -2.07. The molecule has 1 N–H and O–H groups in total. The first-order valence-electron chi connectivity index (χ1n) is 5.90. The molecule has 1 saturated heterocycles. The molecule has 3 rings (SSSR count). The van der Waals surface area contributed by atoms with Gasteiger partial charge in [-0.3, -0.25) is 4.98 Å². The maximum atomic E-state index is 5.35. The Labute approximate surface area is 113 Å². The van der Waals surface area contributed by atoms with Gasteiger partial charge in [0.15, 0.2) is 0 Å². The third-order valence-electron chi connectivity index (χ3n) is 3.23. The van der Waals surface area contributed by atoms with Gasteiger partial charge in [0.1, 0.15) is 5.69 Å². The van der Waals surface area contributed by atoms with Crippen molar-refractivity contribution >= 4 is 15.9 Å². The molecule has 1 aliphatic heterocycles. The number of aromatic nitrogens is 3. The van der Waals surface area contributed by atoms with Crippen LogP contribution in [0.5, 0.6) is 0 Å². The average molecular weight is 309 g/mol. The van der Waals surface area contributed by atoms with Crippen molar-refractivity contribution in [3.8, 4) is 11.5 Å². The number of rotatable bonds is 2. The maximum Gasteiger partial charge on any atom is 0.231 e. The summed E-state index contributed by atoms with van der Waals surface area (Å²) < 4.78 is 6.28. The van der Waals surface area contributed by atoms with Crippen LogP contribution in [0, 0.1) is 5.92 Å². The number of halogens is 1. The highest BCUT2D eigenvalue weighted by molar-refractivity contribution is 9.10. The van der Waals surface area contributed by atoms with Crippen LogP contribution in [0.25, 0.3) is 11.5 Å². The minimum atomic E-state index is 0.307. The van der Waals surface area contributed by atoms with Gasteiger partial charge in [0, 0.05) is 17.2 Å². The Hall–Kier alpha value is -1.27. The van der Waals surface area contributed by atoms with Crippen LogP contribution in [0.4, 0.5) is 0 Å². The van der Waals surface area contributed by atoms with Crippen LogP contribution in [-0.2, 0) is 0 Å². The van der Waals surface area contributed by atoms with Gasteiger partial charge in [0.05, 0.1) is 5.92 Å². The molecule has 0 amide bonds. The van der Waals surface area contributed by atoms with Crippen LogP contribution in [0.1, 0.15) is 18.7 Å². The molecular formula is C12H13BrN4O. The van der Waals surface area contributed by atoms with Gasteiger partial charge in [-0.2, -0.15) is 4.98 Å². The largest absolute Gasteiger partial charge is 0.339 e. The van der Waals surface area contributed by atoms with Crippen molar-refractivity contribution in [2.24, 2.45) is 5.92 Å². The third kappa shape index (κ3) is 2.18. The highest BCUT2D eigenvalue weighted by Gasteiger charge is 2.29. The van der Waals surface area contributed by atoms with E-state index in [1.54, 1.807) is 6.20 Å². The monoisotopic (exact) mass is 308 g/mol. The molecule has 2 aromatic heterocycles. The second-order valence-corrected chi connectivity index (χ2v) is 5.48. The number of pyridine rings is 1. The summed E-state index contributed by atoms with van der Waals surface area (Å²) in [5.74, 6) is 2.08. The molecule has 1 aliphatic rings. The molecule has 0 radical (unpaired) electrons. The van der Waals surface area contributed by atoms with Gasteiger partial charge in [-0.1, -0.05) is 12.1 Å². The zero-order valence-corrected chi connectivity index (χ0v) is 11.5. The summed E-state index contributed by atoms with van der Waals surface area (Å²) in [6.45, 7) is 4.09. The molecule has 3 heterocycles. The smallest absolute Gasteiger partial charge is 0.231 e. The van der Waals surface area contributed by atoms with Gasteiger partial charge in [-0.05, 0) is 40.5 Å². The lowest BCUT2D eigenvalue weighted by molar-refractivity contribution is 0.340. The molecule has 0 aliphatic carbocycles. The van der Waals surface area contributed by atoms with Gasteiger partial charge < -0.3 is 9.84 Å². The summed E-state index contributed by atoms with van der Waals surface area (Å²) in [7, 11) is 0. The predicted octanol–water partition coefficient (Wildman–Crippen LogP) is 2.22. The molecular weight excluding hydrogens is 296 g/mol. The summed E-state index contributed by atoms with van der Waals surface area (Å²) >= 11 is 3.35. The molecule has 5 nitrogen and oxygen atoms in total. The van der Waals surface area contributed by atoms with Crippen molar-refractivity contribution in [1.82, 2.24) is 20.4 Å². The van der Waals surface area contributed by atoms with E-state index in [2.05, 4.69) is 43.3 Å². The van der Waals surface area contributed by atoms with Gasteiger partial charge in [-0.25, -0.2) is 0 Å². The highest BCUT2D eigenvalue weighted by atomic mass is 79.9. The van der Waals surface area contributed by atoms with Crippen molar-refractivity contribution in [2.75, 3.05) is 13.1 Å². The number of hydrogen-bond acceptors (Lipinski definition) is 5. The molecule has 6 heteroatoms. The van der Waals surface area contributed by atoms with Gasteiger partial charge in [0.2, 0.25) is 11.7 Å². The first-order valence-corrected chi connectivity index (χ1v) is 6.69. The van der Waals surface area contributed by atoms with Crippen molar-refractivity contribution in [2.45, 2.75) is 12.8 Å². The van der Waals surface area contributed by atoms with E-state index in [0.29, 0.717) is 23.6 Å². The van der Waals surface area contributed by atoms with E-state index in [9.17, 15) is 0 Å². The Morgan fingerprint density at radius 2 is 2.28 bits per heavy atom. The van der Waals surface area contributed by atoms with Crippen LogP contribution in [-0.4, -0.2) is 28.2 Å². The Balaban J connectivity index is 1.87. The predicted molar refractivity (Wildman–Crippen MR) is 70.0 cm³/mol. The molecule has 0 saturated carbocycles. The Morgan fingerprint density at radius 1 is 1.39 bits per heavy atom. The van der Waals surface area contributed by atoms with Crippen LogP contribution < -0.4 is 5.32 Å². The lowest BCUT2D eigenvalue weighted by atomic mass is 9.98. The first-order chi connectivity index (χ1) is 8.74. The SMILES string of the molecule is CC1CNCC1c1nc(-c2ccc(Br)cn2)no1. The van der Waals surface area contributed by atoms with Crippen LogP contribution in [0.15, 0.2) is 27.3 Å². The quantitative estimate of drug-likeness (QED) is 0.921. The van der Waals surface area contributed by atoms with E-state index in [1.165, 1.54) is 0 Å². The number of hydrogen-bond donors (Lipinski definition) is 1. The van der Waals surface area contributed by atoms with Crippen molar-refractivity contribution in [3.05, 3.63) is 28.7 Å². The Kier molecular flexibility index (Phi) is 3.13. The molecule has 0 spiro atoms. The van der Waals surface area contributed by atoms with Crippen LogP contribution in [0.2, 0.25) is 0 Å². The van der Waals surface area contributed by atoms with Crippen molar-refractivity contribution in [1.29, 1.82) is 0 Å². The van der Waals surface area contributed by atoms with E-state index >= 15 is 0 Å². The normalized spacial score (nSPS) is 23.4. The Bertz CT molecular complexity index is 539. The van der Waals surface area contributed by atoms with E-state index in [-0.39, 0.29) is 0 Å². The van der Waals surface area contributed by atoms with E-state index in [4.69, 9.17) is 4.52 Å². The molecule has 94 valence electrons. The van der Waals surface area contributed by atoms with E-state index < -0.39 is 0 Å². The average Bonchev–Trinajstić information content (AvgIpc) is 2.98. The zero-order chi connectivity index (χ0) is 12.5. The fraction of sp³-hybridized carbons (Fsp3) is 0.417. The summed E-state index contributed by atoms with van der Waals surface area (Å²) in [6, 6.07) is 3.78. The lowest BCUT2D eigenvalue weighted by Crippen LogP contribution is -2.08. The second-order valence-electron chi connectivity index (χ2n) is 4.56. The van der Waals surface area contributed by atoms with E-state index in [0.717, 1.165) is 23.3 Å². The first kappa shape index (κ1) is 11.8. The molecule has 2 atom stereocenters. The van der Waals surface area contributed by atoms with Gasteiger partial charge in [0.25, 0.3) is 0 Å².